The van der Waals surface area contributed by atoms with E-state index in [9.17, 15) is 9.59 Å². The van der Waals surface area contributed by atoms with Gasteiger partial charge in [-0.1, -0.05) is 30.3 Å². The molecule has 2 amide bonds. The van der Waals surface area contributed by atoms with Crippen LogP contribution in [0.25, 0.3) is 22.2 Å². The number of nitrogens with zero attached hydrogens (tertiary/aromatic N) is 4. The van der Waals surface area contributed by atoms with Crippen LogP contribution in [0.15, 0.2) is 67.1 Å². The Morgan fingerprint density at radius 3 is 2.58 bits per heavy atom. The van der Waals surface area contributed by atoms with Gasteiger partial charge in [-0.3, -0.25) is 9.59 Å². The number of likely N-dealkylation sites (tertiary alicyclic amines) is 1. The minimum atomic E-state index is -0.130. The van der Waals surface area contributed by atoms with Gasteiger partial charge < -0.3 is 25.3 Å². The van der Waals surface area contributed by atoms with Gasteiger partial charge in [-0.15, -0.1) is 0 Å². The zero-order valence-corrected chi connectivity index (χ0v) is 19.9. The molecule has 2 aromatic heterocycles. The van der Waals surface area contributed by atoms with E-state index in [1.807, 2.05) is 65.7 Å². The SMILES string of the molecule is Nc1ncnc2c1c(-c1ccc(Oc3ccccc3)cc1)cn2CC(=O)NCCCN1CCCC1=O. The first-order chi connectivity index (χ1) is 17.6. The molecule has 4 aromatic rings. The van der Waals surface area contributed by atoms with Crippen molar-refractivity contribution in [3.8, 4) is 22.6 Å². The van der Waals surface area contributed by atoms with E-state index in [4.69, 9.17) is 10.5 Å². The summed E-state index contributed by atoms with van der Waals surface area (Å²) in [5, 5.41) is 3.64. The fourth-order valence-electron chi connectivity index (χ4n) is 4.46. The molecule has 5 rings (SSSR count). The lowest BCUT2D eigenvalue weighted by atomic mass is 10.1. The maximum atomic E-state index is 12.7. The number of nitrogen functional groups attached to an aromatic ring is 1. The minimum absolute atomic E-state index is 0.102. The van der Waals surface area contributed by atoms with E-state index in [0.29, 0.717) is 42.1 Å². The Hall–Kier alpha value is -4.40. The quantitative estimate of drug-likeness (QED) is 0.351. The molecule has 1 saturated heterocycles. The van der Waals surface area contributed by atoms with Gasteiger partial charge in [0.25, 0.3) is 0 Å². The highest BCUT2D eigenvalue weighted by atomic mass is 16.5. The van der Waals surface area contributed by atoms with Crippen molar-refractivity contribution in [2.24, 2.45) is 0 Å². The number of para-hydroxylation sites is 1. The molecule has 0 radical (unpaired) electrons. The minimum Gasteiger partial charge on any atom is -0.457 e. The van der Waals surface area contributed by atoms with Gasteiger partial charge in [0, 0.05) is 37.8 Å². The van der Waals surface area contributed by atoms with Crippen LogP contribution >= 0.6 is 0 Å². The van der Waals surface area contributed by atoms with Crippen molar-refractivity contribution in [2.75, 3.05) is 25.4 Å². The van der Waals surface area contributed by atoms with Crippen LogP contribution in [0.2, 0.25) is 0 Å². The molecule has 0 unspecified atom stereocenters. The average molecular weight is 485 g/mol. The second-order valence-corrected chi connectivity index (χ2v) is 8.76. The monoisotopic (exact) mass is 484 g/mol. The number of amides is 2. The third kappa shape index (κ3) is 5.14. The summed E-state index contributed by atoms with van der Waals surface area (Å²) in [5.74, 6) is 1.90. The van der Waals surface area contributed by atoms with Gasteiger partial charge in [-0.25, -0.2) is 9.97 Å². The Labute approximate surface area is 208 Å². The number of ether oxygens (including phenoxy) is 1. The lowest BCUT2D eigenvalue weighted by Gasteiger charge is -2.15. The first kappa shape index (κ1) is 23.3. The summed E-state index contributed by atoms with van der Waals surface area (Å²) in [6, 6.07) is 17.3. The number of nitrogens with one attached hydrogen (secondary N) is 1. The van der Waals surface area contributed by atoms with Crippen molar-refractivity contribution in [2.45, 2.75) is 25.8 Å². The number of hydrogen-bond donors (Lipinski definition) is 2. The van der Waals surface area contributed by atoms with E-state index >= 15 is 0 Å². The molecule has 0 atom stereocenters. The lowest BCUT2D eigenvalue weighted by Crippen LogP contribution is -2.32. The van der Waals surface area contributed by atoms with Crippen molar-refractivity contribution in [1.82, 2.24) is 24.8 Å². The van der Waals surface area contributed by atoms with Gasteiger partial charge in [0.2, 0.25) is 11.8 Å². The lowest BCUT2D eigenvalue weighted by molar-refractivity contribution is -0.127. The number of rotatable bonds is 9. The predicted molar refractivity (Wildman–Crippen MR) is 137 cm³/mol. The molecule has 184 valence electrons. The van der Waals surface area contributed by atoms with Crippen molar-refractivity contribution < 1.29 is 14.3 Å². The average Bonchev–Trinajstić information content (AvgIpc) is 3.47. The number of carbonyl (C=O) groups is 2. The third-order valence-electron chi connectivity index (χ3n) is 6.24. The summed E-state index contributed by atoms with van der Waals surface area (Å²) in [6.07, 6.45) is 5.55. The van der Waals surface area contributed by atoms with E-state index in [1.54, 1.807) is 4.57 Å². The van der Waals surface area contributed by atoms with Crippen molar-refractivity contribution in [3.63, 3.8) is 0 Å². The first-order valence-corrected chi connectivity index (χ1v) is 12.1. The molecule has 36 heavy (non-hydrogen) atoms. The second-order valence-electron chi connectivity index (χ2n) is 8.76. The molecule has 0 aliphatic carbocycles. The van der Waals surface area contributed by atoms with Gasteiger partial charge in [-0.05, 0) is 42.7 Å². The zero-order valence-electron chi connectivity index (χ0n) is 19.9. The predicted octanol–water partition coefficient (Wildman–Crippen LogP) is 3.60. The topological polar surface area (TPSA) is 115 Å². The van der Waals surface area contributed by atoms with E-state index in [0.717, 1.165) is 36.3 Å². The Morgan fingerprint density at radius 1 is 1.06 bits per heavy atom. The van der Waals surface area contributed by atoms with Crippen molar-refractivity contribution in [1.29, 1.82) is 0 Å². The van der Waals surface area contributed by atoms with Gasteiger partial charge in [0.15, 0.2) is 0 Å². The fraction of sp³-hybridized carbons (Fsp3) is 0.259. The van der Waals surface area contributed by atoms with Gasteiger partial charge in [0.1, 0.15) is 35.8 Å². The maximum absolute atomic E-state index is 12.7. The molecule has 0 spiro atoms. The highest BCUT2D eigenvalue weighted by Gasteiger charge is 2.20. The molecule has 3 N–H and O–H groups in total. The fourth-order valence-corrected chi connectivity index (χ4v) is 4.46. The normalized spacial score (nSPS) is 13.3. The highest BCUT2D eigenvalue weighted by molar-refractivity contribution is 6.01. The summed E-state index contributed by atoms with van der Waals surface area (Å²) >= 11 is 0. The Kier molecular flexibility index (Phi) is 6.79. The van der Waals surface area contributed by atoms with Crippen LogP contribution in [0.1, 0.15) is 19.3 Å². The van der Waals surface area contributed by atoms with E-state index in [-0.39, 0.29) is 18.4 Å². The number of aromatic nitrogens is 3. The second kappa shape index (κ2) is 10.5. The van der Waals surface area contributed by atoms with Crippen LogP contribution in [0.4, 0.5) is 5.82 Å². The maximum Gasteiger partial charge on any atom is 0.239 e. The van der Waals surface area contributed by atoms with Gasteiger partial charge >= 0.3 is 0 Å². The molecule has 1 fully saturated rings. The molecule has 0 saturated carbocycles. The molecule has 2 aromatic carbocycles. The summed E-state index contributed by atoms with van der Waals surface area (Å²) in [4.78, 5) is 34.8. The summed E-state index contributed by atoms with van der Waals surface area (Å²) < 4.78 is 7.68. The molecule has 0 bridgehead atoms. The number of benzene rings is 2. The standard InChI is InChI=1S/C27H28N6O3/c28-26-25-22(19-9-11-21(12-10-19)36-20-6-2-1-3-7-20)16-33(27(25)31-18-30-26)17-23(34)29-13-5-15-32-14-4-8-24(32)35/h1-3,6-7,9-12,16,18H,4-5,8,13-15,17H2,(H,29,34)(H2,28,30,31). The summed E-state index contributed by atoms with van der Waals surface area (Å²) in [6.45, 7) is 2.09. The third-order valence-corrected chi connectivity index (χ3v) is 6.24. The van der Waals surface area contributed by atoms with Crippen molar-refractivity contribution in [3.05, 3.63) is 67.1 Å². The van der Waals surface area contributed by atoms with E-state index in [1.165, 1.54) is 6.33 Å². The number of nitrogens with two attached hydrogens (primary N) is 1. The van der Waals surface area contributed by atoms with E-state index in [2.05, 4.69) is 15.3 Å². The molecule has 3 heterocycles. The Bertz CT molecular complexity index is 1370. The molecular weight excluding hydrogens is 456 g/mol. The first-order valence-electron chi connectivity index (χ1n) is 12.1. The molecule has 1 aliphatic heterocycles. The van der Waals surface area contributed by atoms with Crippen LogP contribution in [-0.4, -0.2) is 50.9 Å². The number of anilines is 1. The zero-order chi connectivity index (χ0) is 24.9. The van der Waals surface area contributed by atoms with Crippen LogP contribution in [0, 0.1) is 0 Å². The van der Waals surface area contributed by atoms with Crippen molar-refractivity contribution >= 4 is 28.7 Å². The van der Waals surface area contributed by atoms with Gasteiger partial charge in [-0.2, -0.15) is 0 Å². The largest absolute Gasteiger partial charge is 0.457 e. The smallest absolute Gasteiger partial charge is 0.239 e. The van der Waals surface area contributed by atoms with Crippen LogP contribution < -0.4 is 15.8 Å². The highest BCUT2D eigenvalue weighted by Crippen LogP contribution is 2.34. The number of hydrogen-bond acceptors (Lipinski definition) is 6. The van der Waals surface area contributed by atoms with Crippen LogP contribution in [0.5, 0.6) is 11.5 Å². The molecular formula is C27H28N6O3. The number of carbonyl (C=O) groups excluding carboxylic acids is 2. The Morgan fingerprint density at radius 2 is 1.83 bits per heavy atom. The van der Waals surface area contributed by atoms with Crippen LogP contribution in [-0.2, 0) is 16.1 Å². The molecule has 1 aliphatic rings. The Balaban J connectivity index is 1.28. The number of fused-ring (bicyclic) bond motifs is 1. The van der Waals surface area contributed by atoms with E-state index < -0.39 is 0 Å². The molecule has 9 heteroatoms. The summed E-state index contributed by atoms with van der Waals surface area (Å²) in [5.41, 5.74) is 8.57. The van der Waals surface area contributed by atoms with Gasteiger partial charge in [0.05, 0.1) is 5.39 Å². The van der Waals surface area contributed by atoms with Crippen LogP contribution in [0.3, 0.4) is 0 Å². The molecule has 9 nitrogen and oxygen atoms in total. The summed E-state index contributed by atoms with van der Waals surface area (Å²) in [7, 11) is 0.